The Labute approximate surface area is 172 Å². The predicted octanol–water partition coefficient (Wildman–Crippen LogP) is 3.36. The van der Waals surface area contributed by atoms with Gasteiger partial charge in [-0.1, -0.05) is 11.8 Å². The van der Waals surface area contributed by atoms with Crippen molar-refractivity contribution < 1.29 is 14.3 Å². The van der Waals surface area contributed by atoms with Crippen LogP contribution in [0.5, 0.6) is 11.5 Å². The van der Waals surface area contributed by atoms with E-state index in [1.54, 1.807) is 29.9 Å². The highest BCUT2D eigenvalue weighted by Crippen LogP contribution is 2.29. The van der Waals surface area contributed by atoms with Gasteiger partial charge in [-0.3, -0.25) is 14.2 Å². The van der Waals surface area contributed by atoms with E-state index in [2.05, 4.69) is 15.3 Å². The lowest BCUT2D eigenvalue weighted by atomic mass is 10.2. The van der Waals surface area contributed by atoms with Crippen LogP contribution in [0.1, 0.15) is 25.6 Å². The van der Waals surface area contributed by atoms with Gasteiger partial charge in [0.15, 0.2) is 5.16 Å². The number of carbonyl (C=O) groups is 1. The number of aromatic amines is 1. The fourth-order valence-corrected chi connectivity index (χ4v) is 3.90. The van der Waals surface area contributed by atoms with Gasteiger partial charge in [-0.15, -0.1) is 0 Å². The molecular formula is C20H24N4O4S. The van der Waals surface area contributed by atoms with Crippen molar-refractivity contribution >= 4 is 34.4 Å². The van der Waals surface area contributed by atoms with E-state index >= 15 is 0 Å². The van der Waals surface area contributed by atoms with Crippen molar-refractivity contribution in [2.45, 2.75) is 32.0 Å². The van der Waals surface area contributed by atoms with Crippen LogP contribution in [0.25, 0.3) is 11.0 Å². The number of rotatable bonds is 7. The van der Waals surface area contributed by atoms with Crippen LogP contribution in [-0.4, -0.2) is 40.4 Å². The van der Waals surface area contributed by atoms with Gasteiger partial charge >= 0.3 is 0 Å². The monoisotopic (exact) mass is 416 g/mol. The summed E-state index contributed by atoms with van der Waals surface area (Å²) in [6, 6.07) is 6.90. The van der Waals surface area contributed by atoms with Crippen molar-refractivity contribution in [2.24, 2.45) is 0 Å². The number of nitrogens with one attached hydrogen (secondary N) is 2. The molecule has 3 rings (SSSR count). The van der Waals surface area contributed by atoms with Gasteiger partial charge in [0.25, 0.3) is 5.56 Å². The zero-order chi connectivity index (χ0) is 21.1. The summed E-state index contributed by atoms with van der Waals surface area (Å²) in [5, 5.41) is 3.33. The molecule has 0 aliphatic heterocycles. The summed E-state index contributed by atoms with van der Waals surface area (Å²) in [5.74, 6) is 0.994. The van der Waals surface area contributed by atoms with E-state index in [0.29, 0.717) is 33.4 Å². The summed E-state index contributed by atoms with van der Waals surface area (Å²) in [6.07, 6.45) is 0. The molecule has 2 aromatic heterocycles. The Morgan fingerprint density at radius 2 is 2.03 bits per heavy atom. The maximum atomic E-state index is 12.8. The summed E-state index contributed by atoms with van der Waals surface area (Å²) < 4.78 is 12.1. The van der Waals surface area contributed by atoms with E-state index in [-0.39, 0.29) is 23.3 Å². The smallest absolute Gasteiger partial charge is 0.278 e. The van der Waals surface area contributed by atoms with E-state index in [0.717, 1.165) is 5.69 Å². The van der Waals surface area contributed by atoms with Crippen molar-refractivity contribution in [3.8, 4) is 11.5 Å². The summed E-state index contributed by atoms with van der Waals surface area (Å²) >= 11 is 1.22. The average molecular weight is 417 g/mol. The van der Waals surface area contributed by atoms with E-state index in [9.17, 15) is 9.59 Å². The number of aromatic nitrogens is 3. The van der Waals surface area contributed by atoms with E-state index in [1.807, 2.05) is 26.8 Å². The highest BCUT2D eigenvalue weighted by molar-refractivity contribution is 7.99. The number of anilines is 1. The maximum absolute atomic E-state index is 12.8. The molecule has 0 aliphatic carbocycles. The SMILES string of the molecule is COc1ccc(OC)c(NC(=O)CSc2nc3cc(C)[nH]c3c(=O)n2C(C)C)c1. The minimum Gasteiger partial charge on any atom is -0.497 e. The van der Waals surface area contributed by atoms with Crippen LogP contribution in [0.15, 0.2) is 34.2 Å². The van der Waals surface area contributed by atoms with Crippen LogP contribution in [0.2, 0.25) is 0 Å². The first-order chi connectivity index (χ1) is 13.8. The number of amides is 1. The van der Waals surface area contributed by atoms with E-state index in [1.165, 1.54) is 18.9 Å². The number of carbonyl (C=O) groups excluding carboxylic acids is 1. The lowest BCUT2D eigenvalue weighted by Crippen LogP contribution is -2.25. The molecule has 8 nitrogen and oxygen atoms in total. The van der Waals surface area contributed by atoms with Gasteiger partial charge in [0.1, 0.15) is 17.0 Å². The molecule has 0 aliphatic rings. The van der Waals surface area contributed by atoms with E-state index in [4.69, 9.17) is 9.47 Å². The van der Waals surface area contributed by atoms with Gasteiger partial charge in [-0.25, -0.2) is 4.98 Å². The molecule has 1 amide bonds. The standard InChI is InChI=1S/C20H24N4O4S/c1-11(2)24-19(26)18-15(8-12(3)21-18)23-20(24)29-10-17(25)22-14-9-13(27-4)6-7-16(14)28-5/h6-9,11,21H,10H2,1-5H3,(H,22,25). The number of hydrogen-bond donors (Lipinski definition) is 2. The zero-order valence-corrected chi connectivity index (χ0v) is 17.8. The molecule has 0 atom stereocenters. The zero-order valence-electron chi connectivity index (χ0n) is 17.0. The van der Waals surface area contributed by atoms with Gasteiger partial charge in [0, 0.05) is 17.8 Å². The molecule has 9 heteroatoms. The number of aryl methyl sites for hydroxylation is 1. The third-order valence-corrected chi connectivity index (χ3v) is 5.27. The summed E-state index contributed by atoms with van der Waals surface area (Å²) in [4.78, 5) is 33.0. The van der Waals surface area contributed by atoms with Gasteiger partial charge < -0.3 is 19.8 Å². The first-order valence-corrected chi connectivity index (χ1v) is 10.1. The molecule has 154 valence electrons. The second-order valence-corrected chi connectivity index (χ2v) is 7.72. The molecule has 0 saturated carbocycles. The Morgan fingerprint density at radius 3 is 2.69 bits per heavy atom. The van der Waals surface area contributed by atoms with Gasteiger partial charge in [-0.2, -0.15) is 0 Å². The first-order valence-electron chi connectivity index (χ1n) is 9.10. The number of thioether (sulfide) groups is 1. The molecule has 0 saturated heterocycles. The third-order valence-electron chi connectivity index (χ3n) is 4.32. The molecule has 0 spiro atoms. The molecule has 1 aromatic carbocycles. The van der Waals surface area contributed by atoms with Crippen LogP contribution >= 0.6 is 11.8 Å². The average Bonchev–Trinajstić information content (AvgIpc) is 3.06. The highest BCUT2D eigenvalue weighted by atomic mass is 32.2. The number of fused-ring (bicyclic) bond motifs is 1. The Kier molecular flexibility index (Phi) is 6.17. The summed E-state index contributed by atoms with van der Waals surface area (Å²) in [7, 11) is 3.09. The Morgan fingerprint density at radius 1 is 1.28 bits per heavy atom. The number of hydrogen-bond acceptors (Lipinski definition) is 6. The minimum absolute atomic E-state index is 0.0907. The maximum Gasteiger partial charge on any atom is 0.278 e. The van der Waals surface area contributed by atoms with Crippen molar-refractivity contribution in [3.05, 3.63) is 40.3 Å². The van der Waals surface area contributed by atoms with E-state index < -0.39 is 0 Å². The lowest BCUT2D eigenvalue weighted by molar-refractivity contribution is -0.113. The topological polar surface area (TPSA) is 98.2 Å². The third kappa shape index (κ3) is 4.40. The first kappa shape index (κ1) is 20.8. The summed E-state index contributed by atoms with van der Waals surface area (Å²) in [5.41, 5.74) is 2.32. The van der Waals surface area contributed by atoms with Crippen LogP contribution < -0.4 is 20.3 Å². The second-order valence-electron chi connectivity index (χ2n) is 6.78. The molecule has 0 bridgehead atoms. The van der Waals surface area contributed by atoms with Crippen molar-refractivity contribution in [2.75, 3.05) is 25.3 Å². The Hall–Kier alpha value is -2.94. The quantitative estimate of drug-likeness (QED) is 0.453. The molecule has 2 N–H and O–H groups in total. The molecule has 3 aromatic rings. The lowest BCUT2D eigenvalue weighted by Gasteiger charge is -2.15. The molecule has 2 heterocycles. The molecule has 0 unspecified atom stereocenters. The van der Waals surface area contributed by atoms with Gasteiger partial charge in [-0.05, 0) is 39.0 Å². The minimum atomic E-state index is -0.239. The summed E-state index contributed by atoms with van der Waals surface area (Å²) in [6.45, 7) is 5.70. The van der Waals surface area contributed by atoms with Crippen molar-refractivity contribution in [1.82, 2.24) is 14.5 Å². The van der Waals surface area contributed by atoms with Crippen LogP contribution in [0.4, 0.5) is 5.69 Å². The number of nitrogens with zero attached hydrogens (tertiary/aromatic N) is 2. The number of ether oxygens (including phenoxy) is 2. The molecule has 0 radical (unpaired) electrons. The van der Waals surface area contributed by atoms with Crippen molar-refractivity contribution in [1.29, 1.82) is 0 Å². The van der Waals surface area contributed by atoms with Crippen LogP contribution in [-0.2, 0) is 4.79 Å². The predicted molar refractivity (Wildman–Crippen MR) is 114 cm³/mol. The number of benzene rings is 1. The molecular weight excluding hydrogens is 392 g/mol. The van der Waals surface area contributed by atoms with Crippen LogP contribution in [0, 0.1) is 6.92 Å². The fourth-order valence-electron chi connectivity index (χ4n) is 2.98. The van der Waals surface area contributed by atoms with Gasteiger partial charge in [0.2, 0.25) is 5.91 Å². The highest BCUT2D eigenvalue weighted by Gasteiger charge is 2.17. The largest absolute Gasteiger partial charge is 0.497 e. The van der Waals surface area contributed by atoms with Crippen LogP contribution in [0.3, 0.4) is 0 Å². The molecule has 29 heavy (non-hydrogen) atoms. The fraction of sp³-hybridized carbons (Fsp3) is 0.350. The van der Waals surface area contributed by atoms with Crippen molar-refractivity contribution in [3.63, 3.8) is 0 Å². The number of methoxy groups -OCH3 is 2. The second kappa shape index (κ2) is 8.60. The Bertz CT molecular complexity index is 1100. The Balaban J connectivity index is 1.83. The normalized spacial score (nSPS) is 11.1. The number of H-pyrrole nitrogens is 1. The van der Waals surface area contributed by atoms with Gasteiger partial charge in [0.05, 0.1) is 31.2 Å². The molecule has 0 fully saturated rings.